The van der Waals surface area contributed by atoms with Crippen LogP contribution < -0.4 is 4.72 Å². The van der Waals surface area contributed by atoms with Gasteiger partial charge < -0.3 is 4.74 Å². The van der Waals surface area contributed by atoms with E-state index in [0.29, 0.717) is 19.1 Å². The third-order valence-electron chi connectivity index (χ3n) is 2.14. The van der Waals surface area contributed by atoms with Crippen LogP contribution in [0.3, 0.4) is 0 Å². The second-order valence-electron chi connectivity index (χ2n) is 4.16. The number of nitrogens with one attached hydrogen (secondary N) is 1. The zero-order chi connectivity index (χ0) is 10.6. The van der Waals surface area contributed by atoms with Gasteiger partial charge in [0.2, 0.25) is 10.0 Å². The van der Waals surface area contributed by atoms with E-state index in [4.69, 9.17) is 4.74 Å². The van der Waals surface area contributed by atoms with Gasteiger partial charge in [0.15, 0.2) is 0 Å². The van der Waals surface area contributed by atoms with Crippen LogP contribution in [0.2, 0.25) is 0 Å². The van der Waals surface area contributed by atoms with Gasteiger partial charge in [0, 0.05) is 13.2 Å². The summed E-state index contributed by atoms with van der Waals surface area (Å²) in [6.45, 7) is 5.17. The molecule has 84 valence electrons. The molecule has 1 aliphatic heterocycles. The second kappa shape index (κ2) is 5.09. The van der Waals surface area contributed by atoms with E-state index in [2.05, 4.69) is 4.72 Å². The molecule has 0 saturated carbocycles. The minimum absolute atomic E-state index is 0.0975. The van der Waals surface area contributed by atoms with Crippen LogP contribution in [-0.4, -0.2) is 33.4 Å². The summed E-state index contributed by atoms with van der Waals surface area (Å²) in [5.74, 6) is 0.453. The molecule has 0 aromatic heterocycles. The van der Waals surface area contributed by atoms with Crippen molar-refractivity contribution in [3.63, 3.8) is 0 Å². The molecule has 1 fully saturated rings. The summed E-state index contributed by atoms with van der Waals surface area (Å²) in [5, 5.41) is 0. The summed E-state index contributed by atoms with van der Waals surface area (Å²) in [4.78, 5) is 0. The van der Waals surface area contributed by atoms with E-state index in [-0.39, 0.29) is 11.9 Å². The Labute approximate surface area is 86.1 Å². The SMILES string of the molecule is CC(C)CNS(=O)(=O)CC1CCCO1. The first-order valence-electron chi connectivity index (χ1n) is 5.08. The molecule has 0 spiro atoms. The Morgan fingerprint density at radius 3 is 2.71 bits per heavy atom. The van der Waals surface area contributed by atoms with E-state index >= 15 is 0 Å². The molecule has 1 rings (SSSR count). The third-order valence-corrected chi connectivity index (χ3v) is 3.56. The standard InChI is InChI=1S/C9H19NO3S/c1-8(2)6-10-14(11,12)7-9-4-3-5-13-9/h8-10H,3-7H2,1-2H3. The molecule has 1 saturated heterocycles. The van der Waals surface area contributed by atoms with E-state index in [1.807, 2.05) is 13.8 Å². The van der Waals surface area contributed by atoms with E-state index in [0.717, 1.165) is 12.8 Å². The van der Waals surface area contributed by atoms with Crippen molar-refractivity contribution in [1.82, 2.24) is 4.72 Å². The fourth-order valence-electron chi connectivity index (χ4n) is 1.37. The lowest BCUT2D eigenvalue weighted by Gasteiger charge is -2.12. The van der Waals surface area contributed by atoms with Gasteiger partial charge in [-0.2, -0.15) is 0 Å². The highest BCUT2D eigenvalue weighted by atomic mass is 32.2. The van der Waals surface area contributed by atoms with Crippen LogP contribution in [0.15, 0.2) is 0 Å². The van der Waals surface area contributed by atoms with Crippen molar-refractivity contribution in [2.75, 3.05) is 18.9 Å². The number of hydrogen-bond acceptors (Lipinski definition) is 3. The van der Waals surface area contributed by atoms with E-state index < -0.39 is 10.0 Å². The van der Waals surface area contributed by atoms with Crippen LogP contribution in [0.25, 0.3) is 0 Å². The van der Waals surface area contributed by atoms with Gasteiger partial charge >= 0.3 is 0 Å². The zero-order valence-electron chi connectivity index (χ0n) is 8.82. The van der Waals surface area contributed by atoms with Gasteiger partial charge in [0.05, 0.1) is 11.9 Å². The largest absolute Gasteiger partial charge is 0.377 e. The van der Waals surface area contributed by atoms with Gasteiger partial charge in [0.1, 0.15) is 0 Å². The molecule has 5 heteroatoms. The molecule has 1 heterocycles. The maximum Gasteiger partial charge on any atom is 0.214 e. The van der Waals surface area contributed by atoms with Crippen molar-refractivity contribution in [1.29, 1.82) is 0 Å². The van der Waals surface area contributed by atoms with Crippen LogP contribution >= 0.6 is 0 Å². The molecular weight excluding hydrogens is 202 g/mol. The number of ether oxygens (including phenoxy) is 1. The Morgan fingerprint density at radius 2 is 2.21 bits per heavy atom. The normalized spacial score (nSPS) is 23.2. The summed E-state index contributed by atoms with van der Waals surface area (Å²) in [6.07, 6.45) is 1.74. The average Bonchev–Trinajstić information content (AvgIpc) is 2.53. The Balaban J connectivity index is 2.33. The van der Waals surface area contributed by atoms with Crippen LogP contribution in [0.4, 0.5) is 0 Å². The van der Waals surface area contributed by atoms with Gasteiger partial charge in [-0.05, 0) is 18.8 Å². The predicted octanol–water partition coefficient (Wildman–Crippen LogP) is 0.741. The Bertz CT molecular complexity index is 255. The minimum Gasteiger partial charge on any atom is -0.377 e. The lowest BCUT2D eigenvalue weighted by molar-refractivity contribution is 0.127. The average molecular weight is 221 g/mol. The maximum atomic E-state index is 11.5. The number of sulfonamides is 1. The van der Waals surface area contributed by atoms with Gasteiger partial charge in [0.25, 0.3) is 0 Å². The Kier molecular flexibility index (Phi) is 4.34. The fraction of sp³-hybridized carbons (Fsp3) is 1.00. The van der Waals surface area contributed by atoms with E-state index in [1.54, 1.807) is 0 Å². The van der Waals surface area contributed by atoms with Crippen molar-refractivity contribution in [2.45, 2.75) is 32.8 Å². The second-order valence-corrected chi connectivity index (χ2v) is 6.01. The summed E-state index contributed by atoms with van der Waals surface area (Å²) in [7, 11) is -3.14. The van der Waals surface area contributed by atoms with E-state index in [9.17, 15) is 8.42 Å². The van der Waals surface area contributed by atoms with E-state index in [1.165, 1.54) is 0 Å². The van der Waals surface area contributed by atoms with Crippen molar-refractivity contribution in [3.05, 3.63) is 0 Å². The number of rotatable bonds is 5. The van der Waals surface area contributed by atoms with Crippen LogP contribution in [0, 0.1) is 5.92 Å². The van der Waals surface area contributed by atoms with Gasteiger partial charge in [-0.25, -0.2) is 13.1 Å². The quantitative estimate of drug-likeness (QED) is 0.745. The molecule has 0 radical (unpaired) electrons. The summed E-state index contributed by atoms with van der Waals surface area (Å²) >= 11 is 0. The van der Waals surface area contributed by atoms with Crippen LogP contribution in [0.1, 0.15) is 26.7 Å². The first-order valence-corrected chi connectivity index (χ1v) is 6.74. The van der Waals surface area contributed by atoms with Crippen LogP contribution in [0.5, 0.6) is 0 Å². The molecule has 4 nitrogen and oxygen atoms in total. The lowest BCUT2D eigenvalue weighted by Crippen LogP contribution is -2.34. The highest BCUT2D eigenvalue weighted by Crippen LogP contribution is 2.13. The minimum atomic E-state index is -3.14. The molecule has 1 unspecified atom stereocenters. The maximum absolute atomic E-state index is 11.5. The van der Waals surface area contributed by atoms with Crippen LogP contribution in [-0.2, 0) is 14.8 Å². The number of hydrogen-bond donors (Lipinski definition) is 1. The predicted molar refractivity (Wildman–Crippen MR) is 55.6 cm³/mol. The lowest BCUT2D eigenvalue weighted by atomic mass is 10.2. The molecule has 1 atom stereocenters. The van der Waals surface area contributed by atoms with Crippen molar-refractivity contribution < 1.29 is 13.2 Å². The molecule has 0 amide bonds. The fourth-order valence-corrected chi connectivity index (χ4v) is 2.83. The first kappa shape index (κ1) is 11.9. The summed E-state index contributed by atoms with van der Waals surface area (Å²) < 4.78 is 30.9. The van der Waals surface area contributed by atoms with Gasteiger partial charge in [-0.1, -0.05) is 13.8 Å². The zero-order valence-corrected chi connectivity index (χ0v) is 9.64. The molecule has 0 aromatic carbocycles. The molecule has 14 heavy (non-hydrogen) atoms. The highest BCUT2D eigenvalue weighted by molar-refractivity contribution is 7.89. The van der Waals surface area contributed by atoms with Gasteiger partial charge in [-0.3, -0.25) is 0 Å². The molecule has 0 aliphatic carbocycles. The molecule has 1 N–H and O–H groups in total. The highest BCUT2D eigenvalue weighted by Gasteiger charge is 2.22. The summed E-state index contributed by atoms with van der Waals surface area (Å²) in [6, 6.07) is 0. The third kappa shape index (κ3) is 4.39. The van der Waals surface area contributed by atoms with Crippen molar-refractivity contribution in [2.24, 2.45) is 5.92 Å². The Hall–Kier alpha value is -0.130. The van der Waals surface area contributed by atoms with Crippen molar-refractivity contribution >= 4 is 10.0 Å². The first-order chi connectivity index (χ1) is 6.49. The Morgan fingerprint density at radius 1 is 1.50 bits per heavy atom. The molecule has 0 aromatic rings. The smallest absolute Gasteiger partial charge is 0.214 e. The van der Waals surface area contributed by atoms with Gasteiger partial charge in [-0.15, -0.1) is 0 Å². The van der Waals surface area contributed by atoms with Crippen molar-refractivity contribution in [3.8, 4) is 0 Å². The molecular formula is C9H19NO3S. The topological polar surface area (TPSA) is 55.4 Å². The molecule has 1 aliphatic rings. The molecule has 0 bridgehead atoms. The summed E-state index contributed by atoms with van der Waals surface area (Å²) in [5.41, 5.74) is 0. The monoisotopic (exact) mass is 221 g/mol.